The molecule has 5 aliphatic rings. The van der Waals surface area contributed by atoms with Crippen LogP contribution in [0.2, 0.25) is 0 Å². The fourth-order valence-corrected chi connectivity index (χ4v) is 10.7. The summed E-state index contributed by atoms with van der Waals surface area (Å²) in [6.45, 7) is 0. The van der Waals surface area contributed by atoms with Gasteiger partial charge in [0.2, 0.25) is 0 Å². The van der Waals surface area contributed by atoms with Crippen molar-refractivity contribution < 1.29 is 0 Å². The molecule has 6 aromatic rings. The van der Waals surface area contributed by atoms with E-state index in [-0.39, 0.29) is 5.41 Å². The Morgan fingerprint density at radius 1 is 0.404 bits per heavy atom. The number of rotatable bonds is 5. The molecule has 0 aliphatic heterocycles. The molecule has 1 spiro atoms. The number of hydrogen-bond donors (Lipinski definition) is 0. The molecule has 5 aliphatic carbocycles. The Bertz CT molecular complexity index is 2050. The lowest BCUT2D eigenvalue weighted by Gasteiger charge is -2.61. The van der Waals surface area contributed by atoms with Crippen molar-refractivity contribution in [2.24, 2.45) is 23.7 Å². The summed E-state index contributed by atoms with van der Waals surface area (Å²) in [5, 5.41) is 0. The zero-order valence-electron chi connectivity index (χ0n) is 26.7. The van der Waals surface area contributed by atoms with E-state index in [9.17, 15) is 0 Å². The summed E-state index contributed by atoms with van der Waals surface area (Å²) in [6, 6.07) is 56.5. The van der Waals surface area contributed by atoms with Crippen molar-refractivity contribution in [3.63, 3.8) is 0 Å². The van der Waals surface area contributed by atoms with E-state index in [1.54, 1.807) is 11.1 Å². The van der Waals surface area contributed by atoms with Crippen LogP contribution in [-0.2, 0) is 5.41 Å². The van der Waals surface area contributed by atoms with Crippen LogP contribution in [0, 0.1) is 23.7 Å². The summed E-state index contributed by atoms with van der Waals surface area (Å²) in [6.07, 6.45) is 7.02. The predicted octanol–water partition coefficient (Wildman–Crippen LogP) is 12.2. The van der Waals surface area contributed by atoms with Crippen LogP contribution in [-0.4, -0.2) is 0 Å². The van der Waals surface area contributed by atoms with Crippen LogP contribution in [0.1, 0.15) is 43.2 Å². The van der Waals surface area contributed by atoms with Crippen LogP contribution in [0.5, 0.6) is 0 Å². The lowest BCUT2D eigenvalue weighted by atomic mass is 9.43. The lowest BCUT2D eigenvalue weighted by molar-refractivity contribution is -0.0397. The first-order valence-electron chi connectivity index (χ1n) is 17.6. The zero-order valence-corrected chi connectivity index (χ0v) is 26.7. The minimum absolute atomic E-state index is 0.101. The minimum Gasteiger partial charge on any atom is -0.310 e. The lowest BCUT2D eigenvalue weighted by Crippen LogP contribution is -2.55. The largest absolute Gasteiger partial charge is 0.310 e. The Hall–Kier alpha value is -4.88. The monoisotopic (exact) mass is 605 g/mol. The molecule has 0 amide bonds. The number of benzene rings is 6. The van der Waals surface area contributed by atoms with Crippen LogP contribution in [0.4, 0.5) is 17.1 Å². The van der Waals surface area contributed by atoms with Crippen LogP contribution in [0.15, 0.2) is 152 Å². The number of fused-ring (bicyclic) bond motifs is 3. The third-order valence-electron chi connectivity index (χ3n) is 12.3. The minimum atomic E-state index is 0.101. The van der Waals surface area contributed by atoms with Gasteiger partial charge >= 0.3 is 0 Å². The Labute approximate surface area is 278 Å². The molecule has 11 rings (SSSR count). The van der Waals surface area contributed by atoms with Gasteiger partial charge in [-0.3, -0.25) is 0 Å². The molecule has 4 saturated carbocycles. The highest BCUT2D eigenvalue weighted by molar-refractivity contribution is 5.91. The average molecular weight is 606 g/mol. The maximum atomic E-state index is 2.56. The molecule has 47 heavy (non-hydrogen) atoms. The van der Waals surface area contributed by atoms with Gasteiger partial charge in [0.25, 0.3) is 0 Å². The van der Waals surface area contributed by atoms with E-state index in [4.69, 9.17) is 0 Å². The van der Waals surface area contributed by atoms with Crippen LogP contribution < -0.4 is 4.90 Å². The van der Waals surface area contributed by atoms with E-state index in [0.29, 0.717) is 0 Å². The quantitative estimate of drug-likeness (QED) is 0.189. The predicted molar refractivity (Wildman–Crippen MR) is 195 cm³/mol. The molecule has 0 N–H and O–H groups in total. The molecular formula is C46H39N. The average Bonchev–Trinajstić information content (AvgIpc) is 3.43. The SMILES string of the molecule is c1ccc(-c2ccc(-c3ccc(N(c4ccccc4)c4cccc5c4C4(c6ccccc6-5)C5CC6CC(C5)CC4C6)cc3)cc2)cc1. The van der Waals surface area contributed by atoms with E-state index in [1.807, 2.05) is 0 Å². The van der Waals surface area contributed by atoms with Crippen molar-refractivity contribution in [1.29, 1.82) is 0 Å². The molecule has 0 aromatic heterocycles. The van der Waals surface area contributed by atoms with Crippen molar-refractivity contribution in [1.82, 2.24) is 0 Å². The third-order valence-corrected chi connectivity index (χ3v) is 12.3. The van der Waals surface area contributed by atoms with Gasteiger partial charge in [0.15, 0.2) is 0 Å². The molecule has 0 radical (unpaired) electrons. The molecule has 0 atom stereocenters. The Kier molecular flexibility index (Phi) is 6.13. The maximum Gasteiger partial charge on any atom is 0.0509 e. The summed E-state index contributed by atoms with van der Waals surface area (Å²) >= 11 is 0. The first-order chi connectivity index (χ1) is 23.3. The Morgan fingerprint density at radius 2 is 0.894 bits per heavy atom. The molecule has 0 saturated heterocycles. The van der Waals surface area contributed by atoms with Crippen molar-refractivity contribution in [3.05, 3.63) is 163 Å². The van der Waals surface area contributed by atoms with Gasteiger partial charge in [0, 0.05) is 16.8 Å². The van der Waals surface area contributed by atoms with E-state index in [0.717, 1.165) is 23.7 Å². The topological polar surface area (TPSA) is 3.24 Å². The van der Waals surface area contributed by atoms with Crippen LogP contribution in [0.3, 0.4) is 0 Å². The second-order valence-electron chi connectivity index (χ2n) is 14.6. The highest BCUT2D eigenvalue weighted by atomic mass is 15.1. The molecular weight excluding hydrogens is 567 g/mol. The standard InChI is InChI=1S/C46H39N/c1-3-10-33(11-4-1)34-18-20-35(21-19-34)36-22-24-40(25-23-36)47(39-12-5-2-6-13-39)44-17-9-15-42-41-14-7-8-16-43(41)46(45(42)44)37-27-31-26-32(29-37)30-38(46)28-31/h1-25,31-32,37-38H,26-30H2. The highest BCUT2D eigenvalue weighted by Gasteiger charge is 2.62. The summed E-state index contributed by atoms with van der Waals surface area (Å²) in [5.74, 6) is 3.29. The second kappa shape index (κ2) is 10.6. The maximum absolute atomic E-state index is 2.56. The molecule has 6 aromatic carbocycles. The normalized spacial score (nSPS) is 24.7. The van der Waals surface area contributed by atoms with Crippen LogP contribution in [0.25, 0.3) is 33.4 Å². The zero-order chi connectivity index (χ0) is 31.0. The second-order valence-corrected chi connectivity index (χ2v) is 14.6. The molecule has 228 valence electrons. The molecule has 4 bridgehead atoms. The van der Waals surface area contributed by atoms with Gasteiger partial charge < -0.3 is 4.90 Å². The molecule has 0 unspecified atom stereocenters. The fourth-order valence-electron chi connectivity index (χ4n) is 10.7. The highest BCUT2D eigenvalue weighted by Crippen LogP contribution is 2.70. The Balaban J connectivity index is 1.11. The number of nitrogens with zero attached hydrogens (tertiary/aromatic N) is 1. The van der Waals surface area contributed by atoms with Gasteiger partial charge in [-0.2, -0.15) is 0 Å². The summed E-state index contributed by atoms with van der Waals surface area (Å²) in [7, 11) is 0. The Morgan fingerprint density at radius 3 is 1.53 bits per heavy atom. The first kappa shape index (κ1) is 27.3. The molecule has 4 fully saturated rings. The third kappa shape index (κ3) is 4.08. The van der Waals surface area contributed by atoms with E-state index in [2.05, 4.69) is 157 Å². The van der Waals surface area contributed by atoms with E-state index >= 15 is 0 Å². The molecule has 1 nitrogen and oxygen atoms in total. The van der Waals surface area contributed by atoms with Crippen molar-refractivity contribution in [2.45, 2.75) is 37.5 Å². The number of anilines is 3. The van der Waals surface area contributed by atoms with Gasteiger partial charge in [0.1, 0.15) is 0 Å². The van der Waals surface area contributed by atoms with E-state index < -0.39 is 0 Å². The summed E-state index contributed by atoms with van der Waals surface area (Å²) in [5.41, 5.74) is 15.0. The summed E-state index contributed by atoms with van der Waals surface area (Å²) in [4.78, 5) is 2.56. The van der Waals surface area contributed by atoms with Gasteiger partial charge in [-0.25, -0.2) is 0 Å². The van der Waals surface area contributed by atoms with Crippen molar-refractivity contribution in [3.8, 4) is 33.4 Å². The fraction of sp³-hybridized carbons (Fsp3) is 0.217. The van der Waals surface area contributed by atoms with Gasteiger partial charge in [-0.1, -0.05) is 121 Å². The smallest absolute Gasteiger partial charge is 0.0509 e. The molecule has 0 heterocycles. The van der Waals surface area contributed by atoms with Crippen LogP contribution >= 0.6 is 0 Å². The molecule has 1 heteroatoms. The number of para-hydroxylation sites is 1. The van der Waals surface area contributed by atoms with Crippen molar-refractivity contribution >= 4 is 17.1 Å². The van der Waals surface area contributed by atoms with Gasteiger partial charge in [-0.15, -0.1) is 0 Å². The van der Waals surface area contributed by atoms with Crippen molar-refractivity contribution in [2.75, 3.05) is 4.90 Å². The summed E-state index contributed by atoms with van der Waals surface area (Å²) < 4.78 is 0. The van der Waals surface area contributed by atoms with Gasteiger partial charge in [-0.05, 0) is 131 Å². The van der Waals surface area contributed by atoms with E-state index in [1.165, 1.54) is 82.5 Å². The first-order valence-corrected chi connectivity index (χ1v) is 17.6. The number of hydrogen-bond acceptors (Lipinski definition) is 1. The van der Waals surface area contributed by atoms with Gasteiger partial charge in [0.05, 0.1) is 5.69 Å².